The van der Waals surface area contributed by atoms with Crippen molar-refractivity contribution in [2.24, 2.45) is 5.92 Å². The molecule has 21 heavy (non-hydrogen) atoms. The van der Waals surface area contributed by atoms with Crippen molar-refractivity contribution in [3.8, 4) is 11.5 Å². The maximum absolute atomic E-state index is 13.5. The highest BCUT2D eigenvalue weighted by molar-refractivity contribution is 5.77. The summed E-state index contributed by atoms with van der Waals surface area (Å²) in [5.74, 6) is 0.311. The molecule has 1 amide bonds. The van der Waals surface area contributed by atoms with E-state index in [1.54, 1.807) is 6.07 Å². The molecule has 0 aromatic heterocycles. The third-order valence-electron chi connectivity index (χ3n) is 3.95. The number of methoxy groups -OCH3 is 1. The Morgan fingerprint density at radius 2 is 2.14 bits per heavy atom. The third kappa shape index (κ3) is 4.34. The van der Waals surface area contributed by atoms with E-state index in [0.717, 1.165) is 19.3 Å². The molecule has 1 N–H and O–H groups in total. The normalized spacial score (nSPS) is 21.7. The lowest BCUT2D eigenvalue weighted by Gasteiger charge is -2.29. The third-order valence-corrected chi connectivity index (χ3v) is 3.95. The molecule has 0 bridgehead atoms. The van der Waals surface area contributed by atoms with Crippen LogP contribution in [0.15, 0.2) is 18.2 Å². The summed E-state index contributed by atoms with van der Waals surface area (Å²) in [5.41, 5.74) is 0. The van der Waals surface area contributed by atoms with E-state index >= 15 is 0 Å². The summed E-state index contributed by atoms with van der Waals surface area (Å²) in [6.07, 6.45) is 4.55. The van der Waals surface area contributed by atoms with E-state index in [1.807, 2.05) is 0 Å². The summed E-state index contributed by atoms with van der Waals surface area (Å²) in [4.78, 5) is 11.9. The summed E-state index contributed by atoms with van der Waals surface area (Å²) in [7, 11) is 1.40. The van der Waals surface area contributed by atoms with Gasteiger partial charge < -0.3 is 14.8 Å². The van der Waals surface area contributed by atoms with Gasteiger partial charge in [-0.3, -0.25) is 4.79 Å². The molecule has 0 heterocycles. The van der Waals surface area contributed by atoms with Gasteiger partial charge in [0.15, 0.2) is 18.2 Å². The average molecular weight is 295 g/mol. The van der Waals surface area contributed by atoms with Crippen LogP contribution in [0.3, 0.4) is 0 Å². The molecular weight excluding hydrogens is 273 g/mol. The first-order valence-electron chi connectivity index (χ1n) is 7.36. The van der Waals surface area contributed by atoms with Gasteiger partial charge in [-0.15, -0.1) is 0 Å². The minimum absolute atomic E-state index is 0.102. The monoisotopic (exact) mass is 295 g/mol. The molecule has 1 aromatic carbocycles. The Morgan fingerprint density at radius 3 is 2.81 bits per heavy atom. The van der Waals surface area contributed by atoms with Crippen LogP contribution in [0.4, 0.5) is 4.39 Å². The fourth-order valence-corrected chi connectivity index (χ4v) is 2.66. The van der Waals surface area contributed by atoms with Crippen molar-refractivity contribution < 1.29 is 18.7 Å². The lowest BCUT2D eigenvalue weighted by Crippen LogP contribution is -2.43. The summed E-state index contributed by atoms with van der Waals surface area (Å²) >= 11 is 0. The van der Waals surface area contributed by atoms with Crippen LogP contribution >= 0.6 is 0 Å². The number of carbonyl (C=O) groups is 1. The van der Waals surface area contributed by atoms with Crippen LogP contribution in [0.5, 0.6) is 11.5 Å². The van der Waals surface area contributed by atoms with E-state index in [4.69, 9.17) is 9.47 Å². The highest BCUT2D eigenvalue weighted by Crippen LogP contribution is 2.24. The molecule has 1 aliphatic rings. The molecule has 0 saturated heterocycles. The number of nitrogens with one attached hydrogen (secondary N) is 1. The average Bonchev–Trinajstić information content (AvgIpc) is 2.48. The fraction of sp³-hybridized carbons (Fsp3) is 0.562. The van der Waals surface area contributed by atoms with Crippen molar-refractivity contribution in [3.63, 3.8) is 0 Å². The Morgan fingerprint density at radius 1 is 1.38 bits per heavy atom. The van der Waals surface area contributed by atoms with Gasteiger partial charge in [0.2, 0.25) is 0 Å². The summed E-state index contributed by atoms with van der Waals surface area (Å²) in [6.45, 7) is 2.05. The first-order valence-corrected chi connectivity index (χ1v) is 7.36. The maximum Gasteiger partial charge on any atom is 0.258 e. The second kappa shape index (κ2) is 7.29. The second-order valence-electron chi connectivity index (χ2n) is 5.52. The molecule has 1 fully saturated rings. The molecule has 0 spiro atoms. The fourth-order valence-electron chi connectivity index (χ4n) is 2.66. The summed E-state index contributed by atoms with van der Waals surface area (Å²) in [6, 6.07) is 4.50. The van der Waals surface area contributed by atoms with E-state index in [2.05, 4.69) is 12.2 Å². The standard InChI is InChI=1S/C16H22FNO3/c1-11-5-3-4-6-14(11)18-16(19)10-21-12-7-8-15(20-2)13(17)9-12/h7-9,11,14H,3-6,10H2,1-2H3,(H,18,19). The van der Waals surface area contributed by atoms with E-state index in [9.17, 15) is 9.18 Å². The van der Waals surface area contributed by atoms with E-state index < -0.39 is 5.82 Å². The van der Waals surface area contributed by atoms with Gasteiger partial charge in [-0.25, -0.2) is 4.39 Å². The van der Waals surface area contributed by atoms with Crippen molar-refractivity contribution in [3.05, 3.63) is 24.0 Å². The van der Waals surface area contributed by atoms with Gasteiger partial charge in [0.05, 0.1) is 7.11 Å². The quantitative estimate of drug-likeness (QED) is 0.908. The number of benzene rings is 1. The van der Waals surface area contributed by atoms with Gasteiger partial charge in [-0.05, 0) is 30.9 Å². The van der Waals surface area contributed by atoms with Crippen molar-refractivity contribution >= 4 is 5.91 Å². The predicted octanol–water partition coefficient (Wildman–Crippen LogP) is 2.91. The van der Waals surface area contributed by atoms with Crippen LogP contribution in [0.25, 0.3) is 0 Å². The van der Waals surface area contributed by atoms with E-state index in [1.165, 1.54) is 25.7 Å². The van der Waals surface area contributed by atoms with E-state index in [0.29, 0.717) is 11.7 Å². The SMILES string of the molecule is COc1ccc(OCC(=O)NC2CCCCC2C)cc1F. The number of amides is 1. The Kier molecular flexibility index (Phi) is 5.42. The van der Waals surface area contributed by atoms with Gasteiger partial charge in [0, 0.05) is 12.1 Å². The van der Waals surface area contributed by atoms with Gasteiger partial charge in [-0.2, -0.15) is 0 Å². The Hall–Kier alpha value is -1.78. The molecule has 5 heteroatoms. The minimum atomic E-state index is -0.503. The number of rotatable bonds is 5. The number of hydrogen-bond acceptors (Lipinski definition) is 3. The second-order valence-corrected chi connectivity index (χ2v) is 5.52. The van der Waals surface area contributed by atoms with E-state index in [-0.39, 0.29) is 24.3 Å². The van der Waals surface area contributed by atoms with Crippen LogP contribution in [-0.2, 0) is 4.79 Å². The van der Waals surface area contributed by atoms with Gasteiger partial charge in [-0.1, -0.05) is 19.8 Å². The number of hydrogen-bond donors (Lipinski definition) is 1. The molecule has 4 nitrogen and oxygen atoms in total. The van der Waals surface area contributed by atoms with Gasteiger partial charge in [0.1, 0.15) is 5.75 Å². The molecule has 1 aliphatic carbocycles. The van der Waals surface area contributed by atoms with Crippen molar-refractivity contribution in [2.45, 2.75) is 38.6 Å². The molecule has 116 valence electrons. The predicted molar refractivity (Wildman–Crippen MR) is 78.0 cm³/mol. The van der Waals surface area contributed by atoms with Crippen LogP contribution in [0, 0.1) is 11.7 Å². The van der Waals surface area contributed by atoms with Crippen molar-refractivity contribution in [1.29, 1.82) is 0 Å². The molecule has 0 radical (unpaired) electrons. The first kappa shape index (κ1) is 15.6. The highest BCUT2D eigenvalue weighted by atomic mass is 19.1. The van der Waals surface area contributed by atoms with Crippen LogP contribution in [-0.4, -0.2) is 25.7 Å². The lowest BCUT2D eigenvalue weighted by atomic mass is 9.86. The molecule has 1 aromatic rings. The molecule has 0 aliphatic heterocycles. The molecule has 1 saturated carbocycles. The maximum atomic E-state index is 13.5. The zero-order chi connectivity index (χ0) is 15.2. The van der Waals surface area contributed by atoms with Crippen LogP contribution < -0.4 is 14.8 Å². The Balaban J connectivity index is 1.82. The summed E-state index contributed by atoms with van der Waals surface area (Å²) < 4.78 is 23.6. The largest absolute Gasteiger partial charge is 0.494 e. The zero-order valence-electron chi connectivity index (χ0n) is 12.5. The van der Waals surface area contributed by atoms with Crippen molar-refractivity contribution in [1.82, 2.24) is 5.32 Å². The van der Waals surface area contributed by atoms with Crippen LogP contribution in [0.2, 0.25) is 0 Å². The highest BCUT2D eigenvalue weighted by Gasteiger charge is 2.22. The van der Waals surface area contributed by atoms with Crippen LogP contribution in [0.1, 0.15) is 32.6 Å². The smallest absolute Gasteiger partial charge is 0.258 e. The van der Waals surface area contributed by atoms with Crippen molar-refractivity contribution in [2.75, 3.05) is 13.7 Å². The first-order chi connectivity index (χ1) is 10.1. The Labute approximate surface area is 124 Å². The zero-order valence-corrected chi connectivity index (χ0v) is 12.5. The number of halogens is 1. The molecular formula is C16H22FNO3. The topological polar surface area (TPSA) is 47.6 Å². The number of carbonyl (C=O) groups excluding carboxylic acids is 1. The molecule has 2 unspecified atom stereocenters. The molecule has 2 atom stereocenters. The summed E-state index contributed by atoms with van der Waals surface area (Å²) in [5, 5.41) is 2.99. The minimum Gasteiger partial charge on any atom is -0.494 e. The number of ether oxygens (including phenoxy) is 2. The lowest BCUT2D eigenvalue weighted by molar-refractivity contribution is -0.124. The molecule has 2 rings (SSSR count). The Bertz CT molecular complexity index is 492. The van der Waals surface area contributed by atoms with Gasteiger partial charge >= 0.3 is 0 Å². The van der Waals surface area contributed by atoms with Gasteiger partial charge in [0.25, 0.3) is 5.91 Å².